The third-order valence-corrected chi connectivity index (χ3v) is 1.65. The van der Waals surface area contributed by atoms with Crippen molar-refractivity contribution in [2.75, 3.05) is 20.3 Å². The first kappa shape index (κ1) is 11.7. The lowest BCUT2D eigenvalue weighted by Crippen LogP contribution is -2.35. The standard InChI is InChI=1S/C8H14N2O3/c1-7(3-4-9)10(2)8(12)13-6-5-11/h7,11H,3,5-6H2,1-2H3. The molecule has 74 valence electrons. The fourth-order valence-corrected chi connectivity index (χ4v) is 0.684. The van der Waals surface area contributed by atoms with Crippen LogP contribution in [-0.2, 0) is 4.74 Å². The number of amides is 1. The summed E-state index contributed by atoms with van der Waals surface area (Å²) in [5, 5.41) is 16.8. The van der Waals surface area contributed by atoms with Gasteiger partial charge in [0.05, 0.1) is 19.1 Å². The van der Waals surface area contributed by atoms with Crippen LogP contribution in [-0.4, -0.2) is 42.4 Å². The van der Waals surface area contributed by atoms with Crippen molar-refractivity contribution in [1.29, 1.82) is 5.26 Å². The predicted molar refractivity (Wildman–Crippen MR) is 45.9 cm³/mol. The first-order valence-corrected chi connectivity index (χ1v) is 4.00. The Morgan fingerprint density at radius 2 is 2.38 bits per heavy atom. The average Bonchev–Trinajstić information content (AvgIpc) is 2.13. The highest BCUT2D eigenvalue weighted by atomic mass is 16.6. The fourth-order valence-electron chi connectivity index (χ4n) is 0.684. The van der Waals surface area contributed by atoms with Gasteiger partial charge in [0.25, 0.3) is 0 Å². The van der Waals surface area contributed by atoms with Gasteiger partial charge in [-0.2, -0.15) is 5.26 Å². The Labute approximate surface area is 77.5 Å². The van der Waals surface area contributed by atoms with E-state index in [-0.39, 0.29) is 25.7 Å². The number of ether oxygens (including phenoxy) is 1. The van der Waals surface area contributed by atoms with E-state index in [2.05, 4.69) is 4.74 Å². The maximum absolute atomic E-state index is 11.1. The van der Waals surface area contributed by atoms with Gasteiger partial charge in [-0.25, -0.2) is 4.79 Å². The van der Waals surface area contributed by atoms with E-state index < -0.39 is 6.09 Å². The smallest absolute Gasteiger partial charge is 0.409 e. The quantitative estimate of drug-likeness (QED) is 0.687. The van der Waals surface area contributed by atoms with E-state index in [0.717, 1.165) is 0 Å². The molecule has 0 rings (SSSR count). The molecule has 1 amide bonds. The molecule has 0 heterocycles. The molecular formula is C8H14N2O3. The fraction of sp³-hybridized carbons (Fsp3) is 0.750. The molecule has 1 N–H and O–H groups in total. The molecule has 0 aromatic carbocycles. The molecule has 0 aliphatic heterocycles. The Balaban J connectivity index is 3.88. The molecule has 5 heteroatoms. The molecule has 0 aliphatic rings. The summed E-state index contributed by atoms with van der Waals surface area (Å²) in [6.45, 7) is 1.55. The maximum atomic E-state index is 11.1. The van der Waals surface area contributed by atoms with Crippen LogP contribution < -0.4 is 0 Å². The van der Waals surface area contributed by atoms with Gasteiger partial charge in [-0.15, -0.1) is 0 Å². The summed E-state index contributed by atoms with van der Waals surface area (Å²) in [7, 11) is 1.56. The number of nitrogens with zero attached hydrogens (tertiary/aromatic N) is 2. The van der Waals surface area contributed by atoms with Crippen LogP contribution in [0.4, 0.5) is 4.79 Å². The van der Waals surface area contributed by atoms with Gasteiger partial charge in [-0.1, -0.05) is 0 Å². The lowest BCUT2D eigenvalue weighted by Gasteiger charge is -2.21. The Morgan fingerprint density at radius 3 is 2.85 bits per heavy atom. The average molecular weight is 186 g/mol. The van der Waals surface area contributed by atoms with Crippen molar-refractivity contribution in [2.45, 2.75) is 19.4 Å². The third kappa shape index (κ3) is 4.33. The van der Waals surface area contributed by atoms with Crippen molar-refractivity contribution in [2.24, 2.45) is 0 Å². The van der Waals surface area contributed by atoms with Crippen LogP contribution in [0.3, 0.4) is 0 Å². The van der Waals surface area contributed by atoms with Gasteiger partial charge in [0.15, 0.2) is 0 Å². The molecule has 0 bridgehead atoms. The number of carbonyl (C=O) groups is 1. The van der Waals surface area contributed by atoms with Crippen molar-refractivity contribution in [3.05, 3.63) is 0 Å². The van der Waals surface area contributed by atoms with Gasteiger partial charge >= 0.3 is 6.09 Å². The molecule has 5 nitrogen and oxygen atoms in total. The number of rotatable bonds is 4. The molecule has 0 aromatic heterocycles. The molecule has 1 atom stereocenters. The molecule has 0 saturated heterocycles. The lowest BCUT2D eigenvalue weighted by molar-refractivity contribution is 0.0824. The van der Waals surface area contributed by atoms with E-state index in [9.17, 15) is 4.79 Å². The normalized spacial score (nSPS) is 11.5. The van der Waals surface area contributed by atoms with Crippen LogP contribution in [0.2, 0.25) is 0 Å². The van der Waals surface area contributed by atoms with Gasteiger partial charge < -0.3 is 14.7 Å². The molecule has 0 saturated carbocycles. The summed E-state index contributed by atoms with van der Waals surface area (Å²) in [4.78, 5) is 12.4. The lowest BCUT2D eigenvalue weighted by atomic mass is 10.2. The van der Waals surface area contributed by atoms with E-state index in [1.807, 2.05) is 6.07 Å². The van der Waals surface area contributed by atoms with Crippen LogP contribution in [0.15, 0.2) is 0 Å². The Morgan fingerprint density at radius 1 is 1.77 bits per heavy atom. The SMILES string of the molecule is CC(CC#N)N(C)C(=O)OCCO. The van der Waals surface area contributed by atoms with Crippen LogP contribution in [0, 0.1) is 11.3 Å². The molecule has 0 fully saturated rings. The largest absolute Gasteiger partial charge is 0.447 e. The molecule has 13 heavy (non-hydrogen) atoms. The van der Waals surface area contributed by atoms with E-state index in [0.29, 0.717) is 0 Å². The van der Waals surface area contributed by atoms with Crippen LogP contribution in [0.25, 0.3) is 0 Å². The zero-order valence-corrected chi connectivity index (χ0v) is 7.86. The Bertz CT molecular complexity index is 200. The first-order valence-electron chi connectivity index (χ1n) is 4.00. The number of nitriles is 1. The highest BCUT2D eigenvalue weighted by Crippen LogP contribution is 2.01. The first-order chi connectivity index (χ1) is 6.13. The maximum Gasteiger partial charge on any atom is 0.409 e. The van der Waals surface area contributed by atoms with Crippen LogP contribution in [0.1, 0.15) is 13.3 Å². The second-order valence-electron chi connectivity index (χ2n) is 2.66. The summed E-state index contributed by atoms with van der Waals surface area (Å²) in [6.07, 6.45) is -0.248. The molecule has 1 unspecified atom stereocenters. The second kappa shape index (κ2) is 6.26. The van der Waals surface area contributed by atoms with E-state index in [1.165, 1.54) is 4.90 Å². The minimum absolute atomic E-state index is 0.0115. The zero-order valence-electron chi connectivity index (χ0n) is 7.86. The molecule has 0 spiro atoms. The Kier molecular flexibility index (Phi) is 5.64. The van der Waals surface area contributed by atoms with Crippen LogP contribution >= 0.6 is 0 Å². The number of aliphatic hydroxyl groups is 1. The van der Waals surface area contributed by atoms with Crippen molar-refractivity contribution in [1.82, 2.24) is 4.90 Å². The number of hydrogen-bond donors (Lipinski definition) is 1. The molecule has 0 aromatic rings. The highest BCUT2D eigenvalue weighted by molar-refractivity contribution is 5.67. The Hall–Kier alpha value is -1.28. The summed E-state index contributed by atoms with van der Waals surface area (Å²) >= 11 is 0. The molecule has 0 aliphatic carbocycles. The van der Waals surface area contributed by atoms with Gasteiger partial charge in [0.2, 0.25) is 0 Å². The zero-order chi connectivity index (χ0) is 10.3. The second-order valence-corrected chi connectivity index (χ2v) is 2.66. The summed E-state index contributed by atoms with van der Waals surface area (Å²) in [5.41, 5.74) is 0. The topological polar surface area (TPSA) is 73.6 Å². The minimum atomic E-state index is -0.517. The van der Waals surface area contributed by atoms with E-state index in [1.54, 1.807) is 14.0 Å². The van der Waals surface area contributed by atoms with Gasteiger partial charge in [-0.3, -0.25) is 0 Å². The van der Waals surface area contributed by atoms with Gasteiger partial charge in [0, 0.05) is 13.1 Å². The monoisotopic (exact) mass is 186 g/mol. The summed E-state index contributed by atoms with van der Waals surface area (Å²) < 4.78 is 4.65. The third-order valence-electron chi connectivity index (χ3n) is 1.65. The van der Waals surface area contributed by atoms with Crippen molar-refractivity contribution in [3.63, 3.8) is 0 Å². The number of aliphatic hydroxyl groups excluding tert-OH is 1. The van der Waals surface area contributed by atoms with Crippen LogP contribution in [0.5, 0.6) is 0 Å². The van der Waals surface area contributed by atoms with Gasteiger partial charge in [0.1, 0.15) is 6.61 Å². The minimum Gasteiger partial charge on any atom is -0.447 e. The summed E-state index contributed by atoms with van der Waals surface area (Å²) in [6, 6.07) is 1.79. The molecule has 0 radical (unpaired) electrons. The van der Waals surface area contributed by atoms with Crippen molar-refractivity contribution in [3.8, 4) is 6.07 Å². The van der Waals surface area contributed by atoms with E-state index >= 15 is 0 Å². The van der Waals surface area contributed by atoms with E-state index in [4.69, 9.17) is 10.4 Å². The van der Waals surface area contributed by atoms with Crippen molar-refractivity contribution < 1.29 is 14.6 Å². The molecular weight excluding hydrogens is 172 g/mol. The van der Waals surface area contributed by atoms with Crippen molar-refractivity contribution >= 4 is 6.09 Å². The van der Waals surface area contributed by atoms with Gasteiger partial charge in [-0.05, 0) is 6.92 Å². The number of hydrogen-bond acceptors (Lipinski definition) is 4. The summed E-state index contributed by atoms with van der Waals surface area (Å²) in [5.74, 6) is 0. The number of carbonyl (C=O) groups excluding carboxylic acids is 1. The highest BCUT2D eigenvalue weighted by Gasteiger charge is 2.15. The predicted octanol–water partition coefficient (Wildman–Crippen LogP) is 0.349.